The maximum absolute atomic E-state index is 2.59. The van der Waals surface area contributed by atoms with Crippen LogP contribution in [0.25, 0.3) is 0 Å². The first kappa shape index (κ1) is 11.7. The molecule has 0 fully saturated rings. The molecule has 0 N–H and O–H groups in total. The van der Waals surface area contributed by atoms with E-state index in [0.29, 0.717) is 12.0 Å². The number of hydrogen-bond acceptors (Lipinski definition) is 1. The smallest absolute Gasteiger partial charge is 0.0239 e. The van der Waals surface area contributed by atoms with Gasteiger partial charge < -0.3 is 0 Å². The molecule has 1 aromatic carbocycles. The molecule has 0 spiro atoms. The third kappa shape index (κ3) is 2.15. The van der Waals surface area contributed by atoms with Gasteiger partial charge in [-0.3, -0.25) is 4.90 Å². The monoisotopic (exact) mass is 217 g/mol. The Morgan fingerprint density at radius 3 is 2.44 bits per heavy atom. The van der Waals surface area contributed by atoms with Gasteiger partial charge in [0.15, 0.2) is 0 Å². The fourth-order valence-electron chi connectivity index (χ4n) is 2.64. The van der Waals surface area contributed by atoms with Crippen molar-refractivity contribution in [1.82, 2.24) is 4.90 Å². The number of hydrogen-bond donors (Lipinski definition) is 0. The van der Waals surface area contributed by atoms with E-state index in [4.69, 9.17) is 0 Å². The molecule has 88 valence electrons. The van der Waals surface area contributed by atoms with Crippen LogP contribution in [-0.2, 0) is 6.54 Å². The van der Waals surface area contributed by atoms with Crippen LogP contribution >= 0.6 is 0 Å². The minimum Gasteiger partial charge on any atom is -0.296 e. The molecule has 1 heteroatoms. The first-order valence-electron chi connectivity index (χ1n) is 6.41. The quantitative estimate of drug-likeness (QED) is 0.731. The lowest BCUT2D eigenvalue weighted by molar-refractivity contribution is 0.169. The van der Waals surface area contributed by atoms with E-state index in [9.17, 15) is 0 Å². The van der Waals surface area contributed by atoms with E-state index in [2.05, 4.69) is 56.9 Å². The molecule has 1 heterocycles. The van der Waals surface area contributed by atoms with Gasteiger partial charge in [-0.1, -0.05) is 38.1 Å². The van der Waals surface area contributed by atoms with Crippen LogP contribution in [0.3, 0.4) is 0 Å². The van der Waals surface area contributed by atoms with E-state index in [-0.39, 0.29) is 0 Å². The summed E-state index contributed by atoms with van der Waals surface area (Å²) in [7, 11) is 0. The topological polar surface area (TPSA) is 3.24 Å². The second kappa shape index (κ2) is 4.58. The Balaban J connectivity index is 2.33. The molecule has 1 unspecified atom stereocenters. The molecular formula is C15H23N. The number of benzene rings is 1. The van der Waals surface area contributed by atoms with Gasteiger partial charge in [-0.2, -0.15) is 0 Å². The highest BCUT2D eigenvalue weighted by Gasteiger charge is 2.27. The van der Waals surface area contributed by atoms with Gasteiger partial charge in [0, 0.05) is 19.1 Å². The average molecular weight is 217 g/mol. The molecule has 0 amide bonds. The molecule has 0 aliphatic carbocycles. The predicted octanol–water partition coefficient (Wildman–Crippen LogP) is 3.65. The van der Waals surface area contributed by atoms with Crippen molar-refractivity contribution in [3.05, 3.63) is 35.4 Å². The highest BCUT2D eigenvalue weighted by molar-refractivity contribution is 5.33. The van der Waals surface area contributed by atoms with Crippen LogP contribution < -0.4 is 0 Å². The fourth-order valence-corrected chi connectivity index (χ4v) is 2.64. The summed E-state index contributed by atoms with van der Waals surface area (Å²) in [6, 6.07) is 9.60. The van der Waals surface area contributed by atoms with Crippen molar-refractivity contribution in [1.29, 1.82) is 0 Å². The van der Waals surface area contributed by atoms with Crippen LogP contribution in [0.5, 0.6) is 0 Å². The third-order valence-corrected chi connectivity index (χ3v) is 3.79. The lowest BCUT2D eigenvalue weighted by atomic mass is 9.82. The molecule has 1 aliphatic rings. The minimum absolute atomic E-state index is 0.648. The molecule has 16 heavy (non-hydrogen) atoms. The van der Waals surface area contributed by atoms with Gasteiger partial charge in [-0.05, 0) is 36.8 Å². The largest absolute Gasteiger partial charge is 0.296 e. The maximum atomic E-state index is 2.59. The average Bonchev–Trinajstić information content (AvgIpc) is 2.27. The summed E-state index contributed by atoms with van der Waals surface area (Å²) in [6.45, 7) is 11.6. The van der Waals surface area contributed by atoms with Crippen molar-refractivity contribution in [2.45, 2.75) is 46.2 Å². The second-order valence-corrected chi connectivity index (χ2v) is 5.57. The van der Waals surface area contributed by atoms with Crippen LogP contribution in [-0.4, -0.2) is 17.5 Å². The zero-order valence-electron chi connectivity index (χ0n) is 10.9. The van der Waals surface area contributed by atoms with E-state index < -0.39 is 0 Å². The Bertz CT molecular complexity index is 354. The third-order valence-electron chi connectivity index (χ3n) is 3.79. The Hall–Kier alpha value is -0.820. The van der Waals surface area contributed by atoms with Crippen molar-refractivity contribution in [2.24, 2.45) is 5.92 Å². The summed E-state index contributed by atoms with van der Waals surface area (Å²) in [5.74, 6) is 1.43. The Morgan fingerprint density at radius 2 is 1.81 bits per heavy atom. The van der Waals surface area contributed by atoms with Gasteiger partial charge >= 0.3 is 0 Å². The van der Waals surface area contributed by atoms with Crippen LogP contribution in [0, 0.1) is 5.92 Å². The molecule has 0 radical (unpaired) electrons. The Morgan fingerprint density at radius 1 is 1.12 bits per heavy atom. The molecule has 2 rings (SSSR count). The van der Waals surface area contributed by atoms with Crippen LogP contribution in [0.15, 0.2) is 24.3 Å². The zero-order chi connectivity index (χ0) is 11.7. The van der Waals surface area contributed by atoms with Crippen molar-refractivity contribution in [3.63, 3.8) is 0 Å². The van der Waals surface area contributed by atoms with Crippen molar-refractivity contribution >= 4 is 0 Å². The fraction of sp³-hybridized carbons (Fsp3) is 0.600. The zero-order valence-corrected chi connectivity index (χ0v) is 10.9. The Labute approximate surface area is 99.5 Å². The minimum atomic E-state index is 0.648. The lowest BCUT2D eigenvalue weighted by Crippen LogP contribution is -2.39. The van der Waals surface area contributed by atoms with Gasteiger partial charge in [-0.25, -0.2) is 0 Å². The maximum Gasteiger partial charge on any atom is 0.0239 e. The molecule has 0 saturated carbocycles. The van der Waals surface area contributed by atoms with Crippen LogP contribution in [0.2, 0.25) is 0 Å². The van der Waals surface area contributed by atoms with E-state index >= 15 is 0 Å². The van der Waals surface area contributed by atoms with E-state index in [1.165, 1.54) is 12.1 Å². The highest BCUT2D eigenvalue weighted by atomic mass is 15.2. The van der Waals surface area contributed by atoms with Gasteiger partial charge in [0.25, 0.3) is 0 Å². The summed E-state index contributed by atoms with van der Waals surface area (Å²) in [4.78, 5) is 2.59. The lowest BCUT2D eigenvalue weighted by Gasteiger charge is -2.38. The van der Waals surface area contributed by atoms with Gasteiger partial charge in [-0.15, -0.1) is 0 Å². The molecule has 1 nitrogen and oxygen atoms in total. The van der Waals surface area contributed by atoms with Gasteiger partial charge in [0.1, 0.15) is 0 Å². The first-order valence-corrected chi connectivity index (χ1v) is 6.41. The summed E-state index contributed by atoms with van der Waals surface area (Å²) in [5.41, 5.74) is 3.11. The molecule has 1 aromatic rings. The second-order valence-electron chi connectivity index (χ2n) is 5.57. The van der Waals surface area contributed by atoms with E-state index in [0.717, 1.165) is 12.5 Å². The van der Waals surface area contributed by atoms with Gasteiger partial charge in [0.05, 0.1) is 0 Å². The molecule has 1 aliphatic heterocycles. The van der Waals surface area contributed by atoms with E-state index in [1.54, 1.807) is 5.56 Å². The molecule has 0 aromatic heterocycles. The van der Waals surface area contributed by atoms with Crippen molar-refractivity contribution in [2.75, 3.05) is 6.54 Å². The molecule has 0 saturated heterocycles. The number of rotatable bonds is 2. The van der Waals surface area contributed by atoms with Crippen molar-refractivity contribution in [3.8, 4) is 0 Å². The predicted molar refractivity (Wildman–Crippen MR) is 69.6 cm³/mol. The number of fused-ring (bicyclic) bond motifs is 1. The molecule has 1 atom stereocenters. The van der Waals surface area contributed by atoms with Crippen LogP contribution in [0.4, 0.5) is 0 Å². The summed E-state index contributed by atoms with van der Waals surface area (Å²) < 4.78 is 0. The normalized spacial score (nSPS) is 21.5. The summed E-state index contributed by atoms with van der Waals surface area (Å²) in [5, 5.41) is 0. The van der Waals surface area contributed by atoms with Crippen LogP contribution in [0.1, 0.15) is 44.7 Å². The van der Waals surface area contributed by atoms with Gasteiger partial charge in [0.2, 0.25) is 0 Å². The SMILES string of the molecule is CC(C)C1CN(C(C)C)Cc2ccccc21. The number of nitrogens with zero attached hydrogens (tertiary/aromatic N) is 1. The first-order chi connectivity index (χ1) is 7.59. The molecular weight excluding hydrogens is 194 g/mol. The standard InChI is InChI=1S/C15H23N/c1-11(2)15-10-16(12(3)4)9-13-7-5-6-8-14(13)15/h5-8,11-12,15H,9-10H2,1-4H3. The Kier molecular flexibility index (Phi) is 3.34. The van der Waals surface area contributed by atoms with Crippen molar-refractivity contribution < 1.29 is 0 Å². The summed E-state index contributed by atoms with van der Waals surface area (Å²) >= 11 is 0. The summed E-state index contributed by atoms with van der Waals surface area (Å²) in [6.07, 6.45) is 0. The highest BCUT2D eigenvalue weighted by Crippen LogP contribution is 2.33. The molecule has 0 bridgehead atoms. The van der Waals surface area contributed by atoms with E-state index in [1.807, 2.05) is 0 Å².